The van der Waals surface area contributed by atoms with Crippen LogP contribution in [0, 0.1) is 19.8 Å². The van der Waals surface area contributed by atoms with Crippen LogP contribution in [0.1, 0.15) is 43.7 Å². The van der Waals surface area contributed by atoms with Crippen LogP contribution in [0.25, 0.3) is 0 Å². The predicted octanol–water partition coefficient (Wildman–Crippen LogP) is 2.21. The molecule has 0 spiro atoms. The Morgan fingerprint density at radius 2 is 1.96 bits per heavy atom. The quantitative estimate of drug-likeness (QED) is 0.701. The highest BCUT2D eigenvalue weighted by Crippen LogP contribution is 2.22. The van der Waals surface area contributed by atoms with Crippen molar-refractivity contribution >= 4 is 17.5 Å². The van der Waals surface area contributed by atoms with Gasteiger partial charge in [-0.05, 0) is 76.6 Å². The lowest BCUT2D eigenvalue weighted by Crippen LogP contribution is -2.50. The van der Waals surface area contributed by atoms with Gasteiger partial charge in [-0.15, -0.1) is 0 Å². The van der Waals surface area contributed by atoms with Crippen LogP contribution < -0.4 is 16.0 Å². The minimum atomic E-state index is -0.186. The molecule has 2 heterocycles. The Balaban J connectivity index is 1.51. The number of carbonyl (C=O) groups excluding carboxylic acids is 2. The molecular formula is C22H34N4O2. The second-order valence-electron chi connectivity index (χ2n) is 8.33. The largest absolute Gasteiger partial charge is 0.354 e. The number of likely N-dealkylation sites (tertiary alicyclic amines) is 1. The van der Waals surface area contributed by atoms with Crippen LogP contribution in [-0.4, -0.2) is 55.0 Å². The van der Waals surface area contributed by atoms with E-state index in [2.05, 4.69) is 20.9 Å². The molecule has 6 nitrogen and oxygen atoms in total. The SMILES string of the molecule is Cc1cccc(C)c1NC(=O)C(C)N1CCCC(CNC(=O)C2CCCN2)C1. The molecule has 154 valence electrons. The standard InChI is InChI=1S/C22H34N4O2/c1-15-7-4-8-16(2)20(15)25-21(27)17(3)26-12-6-9-18(14-26)13-24-22(28)19-10-5-11-23-19/h4,7-8,17-19,23H,5-6,9-14H2,1-3H3,(H,24,28)(H,25,27). The molecule has 1 aromatic carbocycles. The zero-order valence-electron chi connectivity index (χ0n) is 17.4. The summed E-state index contributed by atoms with van der Waals surface area (Å²) in [6.45, 7) is 9.42. The predicted molar refractivity (Wildman–Crippen MR) is 112 cm³/mol. The molecule has 0 radical (unpaired) electrons. The minimum absolute atomic E-state index is 0.0262. The van der Waals surface area contributed by atoms with Gasteiger partial charge >= 0.3 is 0 Å². The molecule has 1 aromatic rings. The second kappa shape index (κ2) is 9.52. The maximum atomic E-state index is 12.8. The highest BCUT2D eigenvalue weighted by molar-refractivity contribution is 5.95. The minimum Gasteiger partial charge on any atom is -0.354 e. The summed E-state index contributed by atoms with van der Waals surface area (Å²) in [6, 6.07) is 5.84. The Bertz CT molecular complexity index is 680. The number of rotatable bonds is 6. The van der Waals surface area contributed by atoms with Gasteiger partial charge in [0.15, 0.2) is 0 Å². The van der Waals surface area contributed by atoms with Gasteiger partial charge < -0.3 is 16.0 Å². The number of benzene rings is 1. The van der Waals surface area contributed by atoms with E-state index in [1.165, 1.54) is 0 Å². The molecule has 3 atom stereocenters. The van der Waals surface area contributed by atoms with Crippen LogP contribution in [-0.2, 0) is 9.59 Å². The van der Waals surface area contributed by atoms with Crippen molar-refractivity contribution in [2.75, 3.05) is 31.5 Å². The Hall–Kier alpha value is -1.92. The maximum absolute atomic E-state index is 12.8. The molecule has 3 rings (SSSR count). The fraction of sp³-hybridized carbons (Fsp3) is 0.636. The summed E-state index contributed by atoms with van der Waals surface area (Å²) in [6.07, 6.45) is 4.16. The van der Waals surface area contributed by atoms with Crippen molar-refractivity contribution in [2.45, 2.75) is 58.5 Å². The van der Waals surface area contributed by atoms with Gasteiger partial charge in [0.1, 0.15) is 0 Å². The Morgan fingerprint density at radius 1 is 1.21 bits per heavy atom. The van der Waals surface area contributed by atoms with Crippen molar-refractivity contribution in [3.63, 3.8) is 0 Å². The summed E-state index contributed by atoms with van der Waals surface area (Å²) < 4.78 is 0. The van der Waals surface area contributed by atoms with Crippen molar-refractivity contribution in [3.8, 4) is 0 Å². The van der Waals surface area contributed by atoms with E-state index < -0.39 is 0 Å². The van der Waals surface area contributed by atoms with Crippen molar-refractivity contribution in [1.82, 2.24) is 15.5 Å². The first kappa shape index (κ1) is 20.8. The first-order valence-corrected chi connectivity index (χ1v) is 10.6. The summed E-state index contributed by atoms with van der Waals surface area (Å²) in [5.41, 5.74) is 3.09. The number of piperidine rings is 1. The molecule has 28 heavy (non-hydrogen) atoms. The van der Waals surface area contributed by atoms with Gasteiger partial charge in [-0.3, -0.25) is 14.5 Å². The van der Waals surface area contributed by atoms with E-state index in [9.17, 15) is 9.59 Å². The van der Waals surface area contributed by atoms with Crippen LogP contribution in [0.4, 0.5) is 5.69 Å². The third kappa shape index (κ3) is 5.11. The van der Waals surface area contributed by atoms with Crippen LogP contribution in [0.5, 0.6) is 0 Å². The first-order chi connectivity index (χ1) is 13.5. The fourth-order valence-electron chi connectivity index (χ4n) is 4.30. The highest BCUT2D eigenvalue weighted by atomic mass is 16.2. The Morgan fingerprint density at radius 3 is 2.64 bits per heavy atom. The summed E-state index contributed by atoms with van der Waals surface area (Å²) in [7, 11) is 0. The van der Waals surface area contributed by atoms with Crippen molar-refractivity contribution < 1.29 is 9.59 Å². The van der Waals surface area contributed by atoms with Gasteiger partial charge in [0.2, 0.25) is 11.8 Å². The third-order valence-corrected chi connectivity index (χ3v) is 6.15. The second-order valence-corrected chi connectivity index (χ2v) is 8.33. The molecular weight excluding hydrogens is 352 g/mol. The zero-order valence-corrected chi connectivity index (χ0v) is 17.4. The zero-order chi connectivity index (χ0) is 20.1. The summed E-state index contributed by atoms with van der Waals surface area (Å²) in [4.78, 5) is 27.3. The molecule has 0 saturated carbocycles. The third-order valence-electron chi connectivity index (χ3n) is 6.15. The molecule has 2 aliphatic heterocycles. The number of nitrogens with zero attached hydrogens (tertiary/aromatic N) is 1. The number of anilines is 1. The highest BCUT2D eigenvalue weighted by Gasteiger charge is 2.29. The van der Waals surface area contributed by atoms with Crippen LogP contribution in [0.2, 0.25) is 0 Å². The molecule has 2 aliphatic rings. The van der Waals surface area contributed by atoms with Gasteiger partial charge in [0, 0.05) is 18.8 Å². The van der Waals surface area contributed by atoms with Crippen LogP contribution in [0.3, 0.4) is 0 Å². The number of carbonyl (C=O) groups is 2. The normalized spacial score (nSPS) is 24.0. The molecule has 3 unspecified atom stereocenters. The number of aryl methyl sites for hydroxylation is 2. The number of nitrogens with one attached hydrogen (secondary N) is 3. The lowest BCUT2D eigenvalue weighted by Gasteiger charge is -2.36. The lowest BCUT2D eigenvalue weighted by molar-refractivity contribution is -0.124. The smallest absolute Gasteiger partial charge is 0.241 e. The van der Waals surface area contributed by atoms with Gasteiger partial charge in [-0.2, -0.15) is 0 Å². The summed E-state index contributed by atoms with van der Waals surface area (Å²) in [5.74, 6) is 0.558. The maximum Gasteiger partial charge on any atom is 0.241 e. The van der Waals surface area contributed by atoms with E-state index in [1.54, 1.807) is 0 Å². The first-order valence-electron chi connectivity index (χ1n) is 10.6. The molecule has 2 saturated heterocycles. The van der Waals surface area contributed by atoms with Gasteiger partial charge in [0.05, 0.1) is 12.1 Å². The topological polar surface area (TPSA) is 73.5 Å². The van der Waals surface area contributed by atoms with Gasteiger partial charge in [0.25, 0.3) is 0 Å². The Kier molecular flexibility index (Phi) is 7.08. The van der Waals surface area contributed by atoms with E-state index in [0.29, 0.717) is 12.5 Å². The summed E-state index contributed by atoms with van der Waals surface area (Å²) in [5, 5.41) is 9.47. The summed E-state index contributed by atoms with van der Waals surface area (Å²) >= 11 is 0. The van der Waals surface area contributed by atoms with E-state index in [4.69, 9.17) is 0 Å². The van der Waals surface area contributed by atoms with Crippen molar-refractivity contribution in [2.24, 2.45) is 5.92 Å². The van der Waals surface area contributed by atoms with E-state index >= 15 is 0 Å². The number of hydrogen-bond acceptors (Lipinski definition) is 4. The molecule has 0 aliphatic carbocycles. The fourth-order valence-corrected chi connectivity index (χ4v) is 4.30. The van der Waals surface area contributed by atoms with Crippen molar-refractivity contribution in [3.05, 3.63) is 29.3 Å². The van der Waals surface area contributed by atoms with Gasteiger partial charge in [-0.1, -0.05) is 18.2 Å². The number of hydrogen-bond donors (Lipinski definition) is 3. The molecule has 2 fully saturated rings. The van der Waals surface area contributed by atoms with Crippen LogP contribution in [0.15, 0.2) is 18.2 Å². The average Bonchev–Trinajstić information content (AvgIpc) is 3.23. The van der Waals surface area contributed by atoms with Crippen LogP contribution >= 0.6 is 0 Å². The molecule has 3 N–H and O–H groups in total. The number of amides is 2. The lowest BCUT2D eigenvalue weighted by atomic mass is 9.96. The molecule has 2 amide bonds. The van der Waals surface area contributed by atoms with Crippen molar-refractivity contribution in [1.29, 1.82) is 0 Å². The van der Waals surface area contributed by atoms with Gasteiger partial charge in [-0.25, -0.2) is 0 Å². The monoisotopic (exact) mass is 386 g/mol. The van der Waals surface area contributed by atoms with E-state index in [0.717, 1.165) is 62.1 Å². The molecule has 6 heteroatoms. The van der Waals surface area contributed by atoms with E-state index in [-0.39, 0.29) is 23.9 Å². The Labute approximate surface area is 168 Å². The molecule has 0 aromatic heterocycles. The molecule has 0 bridgehead atoms. The average molecular weight is 387 g/mol. The van der Waals surface area contributed by atoms with E-state index in [1.807, 2.05) is 39.0 Å². The number of para-hydroxylation sites is 1.